The molecule has 0 aromatic heterocycles. The minimum absolute atomic E-state index is 0.125. The zero-order valence-electron chi connectivity index (χ0n) is 40.4. The van der Waals surface area contributed by atoms with Crippen LogP contribution in [-0.4, -0.2) is 99.0 Å². The van der Waals surface area contributed by atoms with E-state index in [-0.39, 0.29) is 18.9 Å². The van der Waals surface area contributed by atoms with Gasteiger partial charge in [-0.3, -0.25) is 24.9 Å². The van der Waals surface area contributed by atoms with E-state index in [0.717, 1.165) is 64.2 Å². The van der Waals surface area contributed by atoms with E-state index in [9.17, 15) is 34.5 Å². The van der Waals surface area contributed by atoms with Gasteiger partial charge in [0.15, 0.2) is 17.1 Å². The normalized spacial score (nSPS) is 21.6. The standard InChI is InChI=1S/C50H95N5O8/c1-5-7-9-11-13-15-17-19-21-23-25-27-29-31-33-35-37-55(43(58)36-34-32-30-28-26-24-22-20-18-16-14-12-10-8-6-2)50(53)44(46(60)45(59)42(39-56)63-50)41(57)38-54-48(62)49(4,52)47(61)40(3)51/h20,22,40,42,44-46,56,59-60H,5-19,21,23-39,51-53H2,1-4H3,(H,54,62)/b22-20-/t40-,42+,44+,45+,46+,49+,50-/m0/s1. The first-order chi connectivity index (χ1) is 30.2. The van der Waals surface area contributed by atoms with Crippen molar-refractivity contribution in [3.8, 4) is 0 Å². The van der Waals surface area contributed by atoms with Crippen molar-refractivity contribution in [1.82, 2.24) is 10.2 Å². The van der Waals surface area contributed by atoms with E-state index in [1.165, 1.54) is 128 Å². The minimum atomic E-state index is -2.25. The van der Waals surface area contributed by atoms with E-state index < -0.39 is 72.3 Å². The summed E-state index contributed by atoms with van der Waals surface area (Å²) < 4.78 is 6.06. The van der Waals surface area contributed by atoms with E-state index in [1.807, 2.05) is 0 Å². The first-order valence-corrected chi connectivity index (χ1v) is 25.5. The summed E-state index contributed by atoms with van der Waals surface area (Å²) in [5.74, 6) is -6.88. The number of aliphatic hydroxyl groups is 3. The molecule has 0 saturated carbocycles. The number of carbonyl (C=O) groups is 4. The first kappa shape index (κ1) is 58.8. The number of ketones is 2. The topological polar surface area (TPSA) is 232 Å². The number of nitrogens with zero attached hydrogens (tertiary/aromatic N) is 1. The van der Waals surface area contributed by atoms with Crippen LogP contribution in [0.3, 0.4) is 0 Å². The molecule has 1 fully saturated rings. The molecule has 7 atom stereocenters. The lowest BCUT2D eigenvalue weighted by Crippen LogP contribution is -2.76. The summed E-state index contributed by atoms with van der Waals surface area (Å²) in [6.07, 6.45) is 33.1. The molecule has 0 aromatic carbocycles. The van der Waals surface area contributed by atoms with Gasteiger partial charge in [0.2, 0.25) is 17.7 Å². The first-order valence-electron chi connectivity index (χ1n) is 25.5. The Morgan fingerprint density at radius 3 is 1.54 bits per heavy atom. The van der Waals surface area contributed by atoms with Crippen LogP contribution in [0.25, 0.3) is 0 Å². The molecular formula is C50H95N5O8. The van der Waals surface area contributed by atoms with Crippen LogP contribution < -0.4 is 22.5 Å². The molecule has 1 saturated heterocycles. The second-order valence-electron chi connectivity index (χ2n) is 18.7. The van der Waals surface area contributed by atoms with Crippen molar-refractivity contribution in [2.75, 3.05) is 19.7 Å². The number of hydrogen-bond donors (Lipinski definition) is 7. The van der Waals surface area contributed by atoms with Crippen molar-refractivity contribution in [3.63, 3.8) is 0 Å². The molecular weight excluding hydrogens is 799 g/mol. The van der Waals surface area contributed by atoms with Crippen LogP contribution in [0.1, 0.15) is 220 Å². The molecule has 1 aliphatic heterocycles. The van der Waals surface area contributed by atoms with Crippen LogP contribution in [0.2, 0.25) is 0 Å². The number of nitrogens with one attached hydrogen (secondary N) is 1. The van der Waals surface area contributed by atoms with Crippen molar-refractivity contribution >= 4 is 23.4 Å². The van der Waals surface area contributed by atoms with Crippen LogP contribution in [0.15, 0.2) is 12.2 Å². The molecule has 0 unspecified atom stereocenters. The fraction of sp³-hybridized carbons (Fsp3) is 0.880. The fourth-order valence-corrected chi connectivity index (χ4v) is 8.69. The maximum Gasteiger partial charge on any atom is 0.247 e. The number of hydrogen-bond acceptors (Lipinski definition) is 11. The highest BCUT2D eigenvalue weighted by Gasteiger charge is 2.58. The number of unbranched alkanes of at least 4 members (excludes halogenated alkanes) is 26. The van der Waals surface area contributed by atoms with Crippen LogP contribution in [0, 0.1) is 5.92 Å². The largest absolute Gasteiger partial charge is 0.394 e. The minimum Gasteiger partial charge on any atom is -0.394 e. The molecule has 1 heterocycles. The summed E-state index contributed by atoms with van der Waals surface area (Å²) >= 11 is 0. The zero-order chi connectivity index (χ0) is 46.9. The van der Waals surface area contributed by atoms with Crippen molar-refractivity contribution in [2.24, 2.45) is 23.1 Å². The average Bonchev–Trinajstić information content (AvgIpc) is 3.25. The predicted molar refractivity (Wildman–Crippen MR) is 254 cm³/mol. The Kier molecular flexibility index (Phi) is 32.6. The molecule has 0 aromatic rings. The average molecular weight is 894 g/mol. The molecule has 13 nitrogen and oxygen atoms in total. The van der Waals surface area contributed by atoms with Gasteiger partial charge in [0.05, 0.1) is 25.3 Å². The number of rotatable bonds is 40. The highest BCUT2D eigenvalue weighted by molar-refractivity contribution is 6.12. The molecule has 1 rings (SSSR count). The number of aliphatic hydroxyl groups excluding tert-OH is 3. The SMILES string of the molecule is CCCCCCCC/C=C\CCCCCCCC(=O)N(CCCCCCCCCCCCCCCCCC)[C@]1(N)O[C@H](CO)[C@@H](O)[C@H](O)[C@H]1C(=O)CNC(=O)[C@](C)(N)C(=O)[C@H](C)N. The van der Waals surface area contributed by atoms with Gasteiger partial charge < -0.3 is 41.7 Å². The lowest BCUT2D eigenvalue weighted by atomic mass is 9.82. The van der Waals surface area contributed by atoms with Gasteiger partial charge in [0.25, 0.3) is 0 Å². The second kappa shape index (κ2) is 35.0. The molecule has 0 radical (unpaired) electrons. The summed E-state index contributed by atoms with van der Waals surface area (Å²) in [5, 5.41) is 34.8. The number of ether oxygens (including phenoxy) is 1. The number of amides is 2. The van der Waals surface area contributed by atoms with Crippen LogP contribution in [0.4, 0.5) is 0 Å². The maximum atomic E-state index is 14.2. The van der Waals surface area contributed by atoms with Gasteiger partial charge in [-0.2, -0.15) is 0 Å². The molecule has 63 heavy (non-hydrogen) atoms. The van der Waals surface area contributed by atoms with Gasteiger partial charge >= 0.3 is 0 Å². The highest BCUT2D eigenvalue weighted by Crippen LogP contribution is 2.36. The van der Waals surface area contributed by atoms with Gasteiger partial charge in [0, 0.05) is 13.0 Å². The van der Waals surface area contributed by atoms with E-state index in [1.54, 1.807) is 0 Å². The number of nitrogens with two attached hydrogens (primary N) is 3. The van der Waals surface area contributed by atoms with Crippen molar-refractivity contribution in [3.05, 3.63) is 12.2 Å². The van der Waals surface area contributed by atoms with Crippen molar-refractivity contribution in [1.29, 1.82) is 0 Å². The number of allylic oxidation sites excluding steroid dienone is 2. The smallest absolute Gasteiger partial charge is 0.247 e. The second-order valence-corrected chi connectivity index (χ2v) is 18.7. The summed E-state index contributed by atoms with van der Waals surface area (Å²) in [6.45, 7) is 5.74. The Morgan fingerprint density at radius 1 is 0.698 bits per heavy atom. The Bertz CT molecular complexity index is 1270. The van der Waals surface area contributed by atoms with Gasteiger partial charge in [-0.05, 0) is 52.4 Å². The molecule has 0 aliphatic carbocycles. The zero-order valence-corrected chi connectivity index (χ0v) is 40.4. The molecule has 10 N–H and O–H groups in total. The maximum absolute atomic E-state index is 14.2. The highest BCUT2D eigenvalue weighted by atomic mass is 16.6. The Hall–Kier alpha value is -2.26. The Balaban J connectivity index is 2.91. The van der Waals surface area contributed by atoms with Crippen LogP contribution in [0.5, 0.6) is 0 Å². The number of Topliss-reactive ketones (excluding diaryl/α,β-unsaturated/α-hetero) is 2. The third-order valence-electron chi connectivity index (χ3n) is 12.8. The summed E-state index contributed by atoms with van der Waals surface area (Å²) in [5.41, 5.74) is 16.6. The quantitative estimate of drug-likeness (QED) is 0.0136. The van der Waals surface area contributed by atoms with E-state index in [4.69, 9.17) is 21.9 Å². The Labute approximate surface area is 382 Å². The molecule has 0 spiro atoms. The molecule has 13 heteroatoms. The van der Waals surface area contributed by atoms with Crippen molar-refractivity contribution < 1.29 is 39.2 Å². The van der Waals surface area contributed by atoms with Crippen LogP contribution >= 0.6 is 0 Å². The van der Waals surface area contributed by atoms with Gasteiger partial charge in [-0.15, -0.1) is 0 Å². The van der Waals surface area contributed by atoms with Crippen LogP contribution in [-0.2, 0) is 23.9 Å². The lowest BCUT2D eigenvalue weighted by molar-refractivity contribution is -0.291. The third-order valence-corrected chi connectivity index (χ3v) is 12.8. The third kappa shape index (κ3) is 23.2. The summed E-state index contributed by atoms with van der Waals surface area (Å²) in [7, 11) is 0. The van der Waals surface area contributed by atoms with Gasteiger partial charge in [-0.25, -0.2) is 0 Å². The summed E-state index contributed by atoms with van der Waals surface area (Å²) in [6, 6.07) is -1.04. The number of carbonyl (C=O) groups excluding carboxylic acids is 4. The van der Waals surface area contributed by atoms with Crippen molar-refractivity contribution in [2.45, 2.75) is 256 Å². The van der Waals surface area contributed by atoms with E-state index >= 15 is 0 Å². The molecule has 368 valence electrons. The molecule has 1 aliphatic rings. The fourth-order valence-electron chi connectivity index (χ4n) is 8.69. The molecule has 2 amide bonds. The monoisotopic (exact) mass is 894 g/mol. The van der Waals surface area contributed by atoms with Gasteiger partial charge in [0.1, 0.15) is 18.1 Å². The molecule has 0 bridgehead atoms. The Morgan fingerprint density at radius 2 is 1.11 bits per heavy atom. The van der Waals surface area contributed by atoms with E-state index in [0.29, 0.717) is 12.8 Å². The van der Waals surface area contributed by atoms with E-state index in [2.05, 4.69) is 31.3 Å². The predicted octanol–water partition coefficient (Wildman–Crippen LogP) is 7.77. The lowest BCUT2D eigenvalue weighted by Gasteiger charge is -2.52. The van der Waals surface area contributed by atoms with Gasteiger partial charge in [-0.1, -0.05) is 174 Å². The summed E-state index contributed by atoms with van der Waals surface area (Å²) in [4.78, 5) is 55.0.